The quantitative estimate of drug-likeness (QED) is 0.366. The Balaban J connectivity index is 1.69. The number of rotatable bonds is 6. The van der Waals surface area contributed by atoms with Crippen molar-refractivity contribution in [1.29, 1.82) is 0 Å². The number of hydrogen-bond acceptors (Lipinski definition) is 4. The highest BCUT2D eigenvalue weighted by molar-refractivity contribution is 6.50. The zero-order valence-corrected chi connectivity index (χ0v) is 18.4. The fourth-order valence-electron chi connectivity index (χ4n) is 4.64. The van der Waals surface area contributed by atoms with Gasteiger partial charge in [0.15, 0.2) is 0 Å². The van der Waals surface area contributed by atoms with E-state index in [1.165, 1.54) is 7.11 Å². The van der Waals surface area contributed by atoms with Crippen molar-refractivity contribution in [1.82, 2.24) is 14.5 Å². The number of aromatic nitrogens is 2. The Morgan fingerprint density at radius 2 is 1.45 bits per heavy atom. The molecule has 0 atom stereocenters. The standard InChI is InChI=1S/C26H23N3O4/c1-28-14-18(16-8-3-5-10-20(16)28)23-24(26(32)27-25(23)31)19-15-29(13-7-12-22(30)33-2)21-11-6-4-9-17(19)21/h3-6,8-11,14-15H,7,12-13H2,1-2H3,(H,27,31,32). The third-order valence-corrected chi connectivity index (χ3v) is 6.16. The van der Waals surface area contributed by atoms with Crippen LogP contribution < -0.4 is 5.32 Å². The highest BCUT2D eigenvalue weighted by Crippen LogP contribution is 2.38. The van der Waals surface area contributed by atoms with Gasteiger partial charge in [0, 0.05) is 65.3 Å². The number of methoxy groups -OCH3 is 1. The Morgan fingerprint density at radius 1 is 0.879 bits per heavy atom. The molecule has 2 amide bonds. The van der Waals surface area contributed by atoms with Crippen LogP contribution >= 0.6 is 0 Å². The molecular formula is C26H23N3O4. The Hall–Kier alpha value is -4.13. The van der Waals surface area contributed by atoms with E-state index in [4.69, 9.17) is 4.74 Å². The lowest BCUT2D eigenvalue weighted by Gasteiger charge is -2.04. The Kier molecular flexibility index (Phi) is 5.09. The molecule has 0 spiro atoms. The van der Waals surface area contributed by atoms with Crippen molar-refractivity contribution in [3.63, 3.8) is 0 Å². The maximum Gasteiger partial charge on any atom is 0.305 e. The number of ether oxygens (including phenoxy) is 1. The van der Waals surface area contributed by atoms with Gasteiger partial charge in [-0.25, -0.2) is 0 Å². The van der Waals surface area contributed by atoms with Crippen molar-refractivity contribution < 1.29 is 19.1 Å². The molecule has 1 aliphatic rings. The molecule has 0 bridgehead atoms. The van der Waals surface area contributed by atoms with Crippen LogP contribution in [0.25, 0.3) is 33.0 Å². The van der Waals surface area contributed by atoms with Gasteiger partial charge in [0.1, 0.15) is 0 Å². The molecule has 33 heavy (non-hydrogen) atoms. The SMILES string of the molecule is COC(=O)CCCn1cc(C2=C(c3cn(C)c4ccccc34)C(=O)NC2=O)c2ccccc21. The lowest BCUT2D eigenvalue weighted by molar-refractivity contribution is -0.140. The van der Waals surface area contributed by atoms with Crippen LogP contribution in [0.1, 0.15) is 24.0 Å². The molecule has 0 saturated carbocycles. The van der Waals surface area contributed by atoms with Crippen LogP contribution in [-0.2, 0) is 32.7 Å². The first kappa shape index (κ1) is 20.8. The fourth-order valence-corrected chi connectivity index (χ4v) is 4.64. The third kappa shape index (κ3) is 3.42. The summed E-state index contributed by atoms with van der Waals surface area (Å²) in [6, 6.07) is 15.6. The van der Waals surface area contributed by atoms with Crippen LogP contribution in [0.15, 0.2) is 60.9 Å². The van der Waals surface area contributed by atoms with Crippen molar-refractivity contribution in [3.05, 3.63) is 72.1 Å². The zero-order valence-electron chi connectivity index (χ0n) is 18.4. The average molecular weight is 441 g/mol. The van der Waals surface area contributed by atoms with Gasteiger partial charge >= 0.3 is 5.97 Å². The lowest BCUT2D eigenvalue weighted by atomic mass is 9.95. The van der Waals surface area contributed by atoms with Crippen molar-refractivity contribution in [2.24, 2.45) is 7.05 Å². The number of carbonyl (C=O) groups is 3. The molecule has 0 aliphatic carbocycles. The highest BCUT2D eigenvalue weighted by Gasteiger charge is 2.35. The van der Waals surface area contributed by atoms with E-state index in [2.05, 4.69) is 5.32 Å². The highest BCUT2D eigenvalue weighted by atomic mass is 16.5. The minimum Gasteiger partial charge on any atom is -0.469 e. The van der Waals surface area contributed by atoms with Gasteiger partial charge in [0.05, 0.1) is 18.3 Å². The van der Waals surface area contributed by atoms with Crippen molar-refractivity contribution in [2.75, 3.05) is 7.11 Å². The van der Waals surface area contributed by atoms with Gasteiger partial charge in [-0.3, -0.25) is 19.7 Å². The van der Waals surface area contributed by atoms with Gasteiger partial charge in [-0.1, -0.05) is 36.4 Å². The number of esters is 1. The summed E-state index contributed by atoms with van der Waals surface area (Å²) in [7, 11) is 3.30. The maximum atomic E-state index is 13.0. The Bertz CT molecular complexity index is 1470. The molecule has 7 heteroatoms. The van der Waals surface area contributed by atoms with E-state index in [-0.39, 0.29) is 5.97 Å². The predicted molar refractivity (Wildman–Crippen MR) is 126 cm³/mol. The van der Waals surface area contributed by atoms with Crippen LogP contribution in [0, 0.1) is 0 Å². The zero-order chi connectivity index (χ0) is 23.1. The summed E-state index contributed by atoms with van der Waals surface area (Å²) in [5.74, 6) is -1.05. The number of para-hydroxylation sites is 2. The van der Waals surface area contributed by atoms with Gasteiger partial charge in [-0.2, -0.15) is 0 Å². The summed E-state index contributed by atoms with van der Waals surface area (Å²) < 4.78 is 8.73. The van der Waals surface area contributed by atoms with Gasteiger partial charge in [-0.05, 0) is 18.6 Å². The van der Waals surface area contributed by atoms with Crippen LogP contribution in [0.4, 0.5) is 0 Å². The first-order chi connectivity index (χ1) is 16.0. The van der Waals surface area contributed by atoms with Gasteiger partial charge in [0.25, 0.3) is 11.8 Å². The van der Waals surface area contributed by atoms with Gasteiger partial charge in [-0.15, -0.1) is 0 Å². The van der Waals surface area contributed by atoms with Gasteiger partial charge in [0.2, 0.25) is 0 Å². The van der Waals surface area contributed by atoms with E-state index in [9.17, 15) is 14.4 Å². The maximum absolute atomic E-state index is 13.0. The minimum atomic E-state index is -0.402. The van der Waals surface area contributed by atoms with E-state index in [0.717, 1.165) is 27.4 Å². The van der Waals surface area contributed by atoms with E-state index in [0.29, 0.717) is 36.1 Å². The molecule has 2 aromatic carbocycles. The number of nitrogens with one attached hydrogen (secondary N) is 1. The topological polar surface area (TPSA) is 82.3 Å². The molecule has 1 aliphatic heterocycles. The van der Waals surface area contributed by atoms with Crippen molar-refractivity contribution >= 4 is 50.7 Å². The second-order valence-corrected chi connectivity index (χ2v) is 8.14. The number of fused-ring (bicyclic) bond motifs is 2. The van der Waals surface area contributed by atoms with E-state index in [1.54, 1.807) is 0 Å². The number of hydrogen-bond donors (Lipinski definition) is 1. The predicted octanol–water partition coefficient (Wildman–Crippen LogP) is 3.65. The van der Waals surface area contributed by atoms with Crippen molar-refractivity contribution in [3.8, 4) is 0 Å². The van der Waals surface area contributed by atoms with E-state index in [1.807, 2.05) is 77.1 Å². The third-order valence-electron chi connectivity index (χ3n) is 6.16. The molecule has 7 nitrogen and oxygen atoms in total. The molecule has 0 radical (unpaired) electrons. The summed E-state index contributed by atoms with van der Waals surface area (Å²) >= 11 is 0. The minimum absolute atomic E-state index is 0.256. The number of aryl methyl sites for hydroxylation is 2. The second-order valence-electron chi connectivity index (χ2n) is 8.14. The second kappa shape index (κ2) is 8.09. The fraction of sp³-hybridized carbons (Fsp3) is 0.192. The van der Waals surface area contributed by atoms with Crippen LogP contribution in [0.2, 0.25) is 0 Å². The van der Waals surface area contributed by atoms with Crippen molar-refractivity contribution in [2.45, 2.75) is 19.4 Å². The van der Waals surface area contributed by atoms with E-state index < -0.39 is 11.8 Å². The van der Waals surface area contributed by atoms with E-state index >= 15 is 0 Å². The van der Waals surface area contributed by atoms with Gasteiger partial charge < -0.3 is 13.9 Å². The molecule has 5 rings (SSSR count). The summed E-state index contributed by atoms with van der Waals surface area (Å²) in [4.78, 5) is 37.6. The number of imide groups is 1. The lowest BCUT2D eigenvalue weighted by Crippen LogP contribution is -2.22. The number of nitrogens with zero attached hydrogens (tertiary/aromatic N) is 2. The van der Waals surface area contributed by atoms with Crippen LogP contribution in [0.3, 0.4) is 0 Å². The first-order valence-electron chi connectivity index (χ1n) is 10.8. The molecule has 166 valence electrons. The number of benzene rings is 2. The Morgan fingerprint density at radius 3 is 2.12 bits per heavy atom. The van der Waals surface area contributed by atoms with Crippen LogP contribution in [-0.4, -0.2) is 34.0 Å². The molecule has 3 heterocycles. The summed E-state index contributed by atoms with van der Waals surface area (Å²) in [6.45, 7) is 0.585. The largest absolute Gasteiger partial charge is 0.469 e. The molecule has 2 aromatic heterocycles. The molecular weight excluding hydrogens is 418 g/mol. The number of amides is 2. The Labute approximate surface area is 190 Å². The van der Waals surface area contributed by atoms with Crippen LogP contribution in [0.5, 0.6) is 0 Å². The molecule has 4 aromatic rings. The molecule has 0 saturated heterocycles. The number of carbonyl (C=O) groups excluding carboxylic acids is 3. The summed E-state index contributed by atoms with van der Waals surface area (Å²) in [6.07, 6.45) is 4.71. The summed E-state index contributed by atoms with van der Waals surface area (Å²) in [5.41, 5.74) is 4.11. The molecule has 0 fully saturated rings. The summed E-state index contributed by atoms with van der Waals surface area (Å²) in [5, 5.41) is 4.29. The normalized spacial score (nSPS) is 13.9. The smallest absolute Gasteiger partial charge is 0.305 e. The average Bonchev–Trinajstić information content (AvgIpc) is 3.44. The molecule has 0 unspecified atom stereocenters. The first-order valence-corrected chi connectivity index (χ1v) is 10.8. The molecule has 1 N–H and O–H groups in total. The monoisotopic (exact) mass is 441 g/mol.